The van der Waals surface area contributed by atoms with Crippen molar-refractivity contribution in [1.29, 1.82) is 0 Å². The van der Waals surface area contributed by atoms with Gasteiger partial charge in [0.25, 0.3) is 0 Å². The topological polar surface area (TPSA) is 50.5 Å². The summed E-state index contributed by atoms with van der Waals surface area (Å²) in [5, 5.41) is 10.1. The van der Waals surface area contributed by atoms with Crippen molar-refractivity contribution in [2.75, 3.05) is 0 Å². The first-order valence-electron chi connectivity index (χ1n) is 4.85. The molecular formula is C10H7F3N4S. The van der Waals surface area contributed by atoms with Crippen molar-refractivity contribution in [1.82, 2.24) is 9.97 Å². The van der Waals surface area contributed by atoms with Gasteiger partial charge in [0.05, 0.1) is 5.56 Å². The van der Waals surface area contributed by atoms with Gasteiger partial charge in [0.2, 0.25) is 0 Å². The highest BCUT2D eigenvalue weighted by molar-refractivity contribution is 7.09. The first-order chi connectivity index (χ1) is 8.55. The Balaban J connectivity index is 2.00. The van der Waals surface area contributed by atoms with Gasteiger partial charge in [-0.15, -0.1) is 16.5 Å². The number of azo groups is 1. The second kappa shape index (κ2) is 5.21. The molecule has 8 heteroatoms. The quantitative estimate of drug-likeness (QED) is 0.797. The number of alkyl halides is 3. The first kappa shape index (κ1) is 12.6. The van der Waals surface area contributed by atoms with E-state index in [1.807, 2.05) is 0 Å². The SMILES string of the molecule is FC(F)(F)c1ccc(N=NCc2nccs2)nc1. The maximum Gasteiger partial charge on any atom is 0.417 e. The fraction of sp³-hybridized carbons (Fsp3) is 0.200. The zero-order chi connectivity index (χ0) is 13.0. The summed E-state index contributed by atoms with van der Waals surface area (Å²) < 4.78 is 36.8. The lowest BCUT2D eigenvalue weighted by atomic mass is 10.3. The van der Waals surface area contributed by atoms with E-state index < -0.39 is 11.7 Å². The van der Waals surface area contributed by atoms with E-state index in [1.165, 1.54) is 17.4 Å². The molecule has 2 aromatic heterocycles. The van der Waals surface area contributed by atoms with E-state index in [1.54, 1.807) is 11.6 Å². The Hall–Kier alpha value is -1.83. The van der Waals surface area contributed by atoms with E-state index in [-0.39, 0.29) is 5.82 Å². The van der Waals surface area contributed by atoms with Gasteiger partial charge in [-0.05, 0) is 12.1 Å². The number of pyridine rings is 1. The molecular weight excluding hydrogens is 265 g/mol. The average molecular weight is 272 g/mol. The van der Waals surface area contributed by atoms with Crippen LogP contribution in [0.25, 0.3) is 0 Å². The van der Waals surface area contributed by atoms with Crippen molar-refractivity contribution in [3.05, 3.63) is 40.5 Å². The molecule has 2 rings (SSSR count). The standard InChI is InChI=1S/C10H7F3N4S/c11-10(12,13)7-1-2-8(15-5-7)17-16-6-9-14-3-4-18-9/h1-5H,6H2. The molecule has 0 aliphatic heterocycles. The molecule has 2 aromatic rings. The Morgan fingerprint density at radius 3 is 2.61 bits per heavy atom. The van der Waals surface area contributed by atoms with Crippen LogP contribution >= 0.6 is 11.3 Å². The van der Waals surface area contributed by atoms with Crippen LogP contribution in [0.15, 0.2) is 40.1 Å². The summed E-state index contributed by atoms with van der Waals surface area (Å²) in [5.41, 5.74) is -0.804. The van der Waals surface area contributed by atoms with Gasteiger partial charge in [0.15, 0.2) is 5.82 Å². The Kier molecular flexibility index (Phi) is 3.66. The minimum atomic E-state index is -4.39. The lowest BCUT2D eigenvalue weighted by Crippen LogP contribution is -2.04. The van der Waals surface area contributed by atoms with Gasteiger partial charge in [0, 0.05) is 17.8 Å². The number of nitrogens with zero attached hydrogens (tertiary/aromatic N) is 4. The maximum atomic E-state index is 12.3. The van der Waals surface area contributed by atoms with Crippen molar-refractivity contribution in [3.63, 3.8) is 0 Å². The average Bonchev–Trinajstić information content (AvgIpc) is 2.82. The van der Waals surface area contributed by atoms with Crippen LogP contribution in [-0.2, 0) is 12.7 Å². The van der Waals surface area contributed by atoms with E-state index in [0.29, 0.717) is 6.54 Å². The van der Waals surface area contributed by atoms with Crippen LogP contribution in [0.4, 0.5) is 19.0 Å². The molecule has 0 fully saturated rings. The first-order valence-corrected chi connectivity index (χ1v) is 5.73. The third-order valence-electron chi connectivity index (χ3n) is 1.94. The van der Waals surface area contributed by atoms with Gasteiger partial charge in [-0.1, -0.05) is 0 Å². The van der Waals surface area contributed by atoms with Gasteiger partial charge in [-0.2, -0.15) is 18.3 Å². The lowest BCUT2D eigenvalue weighted by molar-refractivity contribution is -0.137. The van der Waals surface area contributed by atoms with E-state index in [4.69, 9.17) is 0 Å². The summed E-state index contributed by atoms with van der Waals surface area (Å²) in [6.45, 7) is 0.292. The van der Waals surface area contributed by atoms with Crippen LogP contribution in [0, 0.1) is 0 Å². The van der Waals surface area contributed by atoms with Crippen molar-refractivity contribution < 1.29 is 13.2 Å². The summed E-state index contributed by atoms with van der Waals surface area (Å²) in [6.07, 6.45) is -2.01. The van der Waals surface area contributed by atoms with Crippen molar-refractivity contribution in [2.24, 2.45) is 10.2 Å². The lowest BCUT2D eigenvalue weighted by Gasteiger charge is -2.04. The molecule has 0 aliphatic carbocycles. The second-order valence-corrected chi connectivity index (χ2v) is 4.21. The Morgan fingerprint density at radius 2 is 2.06 bits per heavy atom. The van der Waals surface area contributed by atoms with Crippen LogP contribution in [0.5, 0.6) is 0 Å². The van der Waals surface area contributed by atoms with Crippen molar-refractivity contribution in [3.8, 4) is 0 Å². The van der Waals surface area contributed by atoms with Gasteiger partial charge in [-0.25, -0.2) is 9.97 Å². The second-order valence-electron chi connectivity index (χ2n) is 3.23. The van der Waals surface area contributed by atoms with Gasteiger partial charge >= 0.3 is 6.18 Å². The Bertz CT molecular complexity index is 519. The minimum absolute atomic E-state index is 0.138. The van der Waals surface area contributed by atoms with E-state index in [0.717, 1.165) is 17.3 Å². The largest absolute Gasteiger partial charge is 0.417 e. The highest BCUT2D eigenvalue weighted by atomic mass is 32.1. The number of halogens is 3. The molecule has 0 amide bonds. The fourth-order valence-electron chi connectivity index (χ4n) is 1.11. The van der Waals surface area contributed by atoms with Crippen LogP contribution in [0.1, 0.15) is 10.6 Å². The molecule has 0 aliphatic rings. The summed E-state index contributed by atoms with van der Waals surface area (Å²) in [4.78, 5) is 7.56. The van der Waals surface area contributed by atoms with Crippen molar-refractivity contribution in [2.45, 2.75) is 12.7 Å². The third-order valence-corrected chi connectivity index (χ3v) is 2.70. The van der Waals surface area contributed by atoms with Crippen LogP contribution in [0.2, 0.25) is 0 Å². The number of rotatable bonds is 3. The normalized spacial score (nSPS) is 12.2. The van der Waals surface area contributed by atoms with Crippen LogP contribution in [-0.4, -0.2) is 9.97 Å². The Morgan fingerprint density at radius 1 is 1.22 bits per heavy atom. The molecule has 4 nitrogen and oxygen atoms in total. The maximum absolute atomic E-state index is 12.3. The van der Waals surface area contributed by atoms with Gasteiger partial charge in [0.1, 0.15) is 11.6 Å². The molecule has 0 atom stereocenters. The van der Waals surface area contributed by atoms with Gasteiger partial charge < -0.3 is 0 Å². The van der Waals surface area contributed by atoms with E-state index in [9.17, 15) is 13.2 Å². The molecule has 0 aromatic carbocycles. The molecule has 2 heterocycles. The number of hydrogen-bond acceptors (Lipinski definition) is 5. The molecule has 0 bridgehead atoms. The highest BCUT2D eigenvalue weighted by Gasteiger charge is 2.30. The molecule has 0 saturated heterocycles. The molecule has 0 N–H and O–H groups in total. The third kappa shape index (κ3) is 3.33. The number of hydrogen-bond donors (Lipinski definition) is 0. The number of aromatic nitrogens is 2. The van der Waals surface area contributed by atoms with E-state index in [2.05, 4.69) is 20.2 Å². The molecule has 0 unspecified atom stereocenters. The predicted molar refractivity (Wildman–Crippen MR) is 59.6 cm³/mol. The smallest absolute Gasteiger partial charge is 0.248 e. The van der Waals surface area contributed by atoms with Gasteiger partial charge in [-0.3, -0.25) is 0 Å². The molecule has 0 radical (unpaired) electrons. The summed E-state index contributed by atoms with van der Waals surface area (Å²) in [6, 6.07) is 2.10. The zero-order valence-corrected chi connectivity index (χ0v) is 9.74. The monoisotopic (exact) mass is 272 g/mol. The Labute approximate surface area is 104 Å². The molecule has 0 spiro atoms. The fourth-order valence-corrected chi connectivity index (χ4v) is 1.65. The predicted octanol–water partition coefficient (Wildman–Crippen LogP) is 3.84. The highest BCUT2D eigenvalue weighted by Crippen LogP contribution is 2.29. The molecule has 18 heavy (non-hydrogen) atoms. The molecule has 94 valence electrons. The van der Waals surface area contributed by atoms with Crippen LogP contribution < -0.4 is 0 Å². The minimum Gasteiger partial charge on any atom is -0.248 e. The number of thiazole rings is 1. The van der Waals surface area contributed by atoms with Crippen LogP contribution in [0.3, 0.4) is 0 Å². The summed E-state index contributed by atoms with van der Waals surface area (Å²) >= 11 is 1.43. The molecule has 0 saturated carbocycles. The summed E-state index contributed by atoms with van der Waals surface area (Å²) in [5.74, 6) is 0.138. The van der Waals surface area contributed by atoms with E-state index >= 15 is 0 Å². The summed E-state index contributed by atoms with van der Waals surface area (Å²) in [7, 11) is 0. The zero-order valence-electron chi connectivity index (χ0n) is 8.92. The van der Waals surface area contributed by atoms with Crippen molar-refractivity contribution >= 4 is 17.2 Å².